The Kier molecular flexibility index (Phi) is 3.64. The van der Waals surface area contributed by atoms with Crippen LogP contribution in [-0.2, 0) is 6.18 Å². The van der Waals surface area contributed by atoms with Crippen molar-refractivity contribution in [2.45, 2.75) is 6.18 Å². The van der Waals surface area contributed by atoms with E-state index >= 15 is 0 Å². The predicted molar refractivity (Wildman–Crippen MR) is 72.2 cm³/mol. The summed E-state index contributed by atoms with van der Waals surface area (Å²) in [5.74, 6) is -0.261. The molecule has 0 fully saturated rings. The van der Waals surface area contributed by atoms with E-state index in [1.165, 1.54) is 23.0 Å². The van der Waals surface area contributed by atoms with Gasteiger partial charge in [-0.15, -0.1) is 0 Å². The SMILES string of the molecule is NC(=S)c1cccn1-c1ncc(Br)cc1C(F)(F)F. The molecule has 0 atom stereocenters. The van der Waals surface area contributed by atoms with Gasteiger partial charge in [-0.1, -0.05) is 12.2 Å². The van der Waals surface area contributed by atoms with Crippen LogP contribution in [0.3, 0.4) is 0 Å². The monoisotopic (exact) mass is 349 g/mol. The van der Waals surface area contributed by atoms with Crippen LogP contribution in [0.25, 0.3) is 5.82 Å². The molecule has 2 N–H and O–H groups in total. The summed E-state index contributed by atoms with van der Waals surface area (Å²) >= 11 is 7.78. The lowest BCUT2D eigenvalue weighted by Gasteiger charge is -2.14. The number of nitrogens with zero attached hydrogens (tertiary/aromatic N) is 2. The third-order valence-electron chi connectivity index (χ3n) is 2.37. The lowest BCUT2D eigenvalue weighted by atomic mass is 10.2. The lowest BCUT2D eigenvalue weighted by Crippen LogP contribution is -2.18. The Morgan fingerprint density at radius 2 is 2.11 bits per heavy atom. The Hall–Kier alpha value is -1.41. The number of hydrogen-bond acceptors (Lipinski definition) is 2. The Morgan fingerprint density at radius 3 is 2.68 bits per heavy atom. The zero-order chi connectivity index (χ0) is 14.2. The van der Waals surface area contributed by atoms with Crippen LogP contribution in [0.5, 0.6) is 0 Å². The van der Waals surface area contributed by atoms with Gasteiger partial charge in [0, 0.05) is 16.9 Å². The van der Waals surface area contributed by atoms with Crippen molar-refractivity contribution < 1.29 is 13.2 Å². The van der Waals surface area contributed by atoms with Crippen LogP contribution in [0.4, 0.5) is 13.2 Å². The maximum atomic E-state index is 13.0. The molecule has 0 bridgehead atoms. The van der Waals surface area contributed by atoms with Gasteiger partial charge in [0.15, 0.2) is 0 Å². The number of alkyl halides is 3. The van der Waals surface area contributed by atoms with Crippen LogP contribution < -0.4 is 5.73 Å². The van der Waals surface area contributed by atoms with Gasteiger partial charge in [0.05, 0.1) is 11.3 Å². The first-order chi connectivity index (χ1) is 8.80. The second kappa shape index (κ2) is 4.93. The fraction of sp³-hybridized carbons (Fsp3) is 0.0909. The maximum Gasteiger partial charge on any atom is 0.420 e. The molecule has 0 aromatic carbocycles. The molecule has 8 heteroatoms. The number of thiocarbonyl (C=S) groups is 1. The van der Waals surface area contributed by atoms with Crippen molar-refractivity contribution in [1.82, 2.24) is 9.55 Å². The summed E-state index contributed by atoms with van der Waals surface area (Å²) in [6, 6.07) is 4.05. The number of halogens is 4. The molecular formula is C11H7BrF3N3S. The third-order valence-corrected chi connectivity index (χ3v) is 3.01. The van der Waals surface area contributed by atoms with Crippen LogP contribution >= 0.6 is 28.1 Å². The van der Waals surface area contributed by atoms with E-state index in [1.807, 2.05) is 0 Å². The number of hydrogen-bond donors (Lipinski definition) is 1. The second-order valence-electron chi connectivity index (χ2n) is 3.65. The summed E-state index contributed by atoms with van der Waals surface area (Å²) in [6.45, 7) is 0. The minimum Gasteiger partial charge on any atom is -0.388 e. The molecule has 2 aromatic heterocycles. The van der Waals surface area contributed by atoms with E-state index in [0.717, 1.165) is 6.07 Å². The molecule has 2 heterocycles. The summed E-state index contributed by atoms with van der Waals surface area (Å²) in [7, 11) is 0. The van der Waals surface area contributed by atoms with Gasteiger partial charge in [0.1, 0.15) is 10.8 Å². The quantitative estimate of drug-likeness (QED) is 0.846. The smallest absolute Gasteiger partial charge is 0.388 e. The van der Waals surface area contributed by atoms with Crippen LogP contribution in [0.15, 0.2) is 35.1 Å². The molecule has 0 saturated carbocycles. The van der Waals surface area contributed by atoms with Gasteiger partial charge in [-0.05, 0) is 34.1 Å². The van der Waals surface area contributed by atoms with Gasteiger partial charge in [-0.2, -0.15) is 13.2 Å². The molecule has 0 unspecified atom stereocenters. The highest BCUT2D eigenvalue weighted by Crippen LogP contribution is 2.34. The summed E-state index contributed by atoms with van der Waals surface area (Å²) in [5, 5.41) is 0. The maximum absolute atomic E-state index is 13.0. The number of nitrogens with two attached hydrogens (primary N) is 1. The Bertz CT molecular complexity index is 636. The molecule has 0 aliphatic heterocycles. The van der Waals surface area contributed by atoms with Gasteiger partial charge >= 0.3 is 6.18 Å². The van der Waals surface area contributed by atoms with Gasteiger partial charge < -0.3 is 5.73 Å². The van der Waals surface area contributed by atoms with Gasteiger partial charge in [0.25, 0.3) is 0 Å². The van der Waals surface area contributed by atoms with E-state index in [9.17, 15) is 13.2 Å². The summed E-state index contributed by atoms with van der Waals surface area (Å²) in [4.78, 5) is 3.81. The highest BCUT2D eigenvalue weighted by Gasteiger charge is 2.35. The molecule has 0 aliphatic carbocycles. The molecule has 3 nitrogen and oxygen atoms in total. The molecule has 19 heavy (non-hydrogen) atoms. The van der Waals surface area contributed by atoms with Crippen molar-refractivity contribution in [1.29, 1.82) is 0 Å². The normalized spacial score (nSPS) is 11.6. The van der Waals surface area contributed by atoms with Crippen LogP contribution in [0.1, 0.15) is 11.3 Å². The Morgan fingerprint density at radius 1 is 1.42 bits per heavy atom. The minimum absolute atomic E-state index is 0.00263. The molecule has 0 saturated heterocycles. The van der Waals surface area contributed by atoms with Gasteiger partial charge in [-0.3, -0.25) is 4.57 Å². The largest absolute Gasteiger partial charge is 0.420 e. The van der Waals surface area contributed by atoms with Crippen molar-refractivity contribution in [2.75, 3.05) is 0 Å². The average Bonchev–Trinajstić information content (AvgIpc) is 2.76. The zero-order valence-electron chi connectivity index (χ0n) is 9.28. The van der Waals surface area contributed by atoms with Gasteiger partial charge in [-0.25, -0.2) is 4.98 Å². The molecule has 100 valence electrons. The number of aromatic nitrogens is 2. The fourth-order valence-corrected chi connectivity index (χ4v) is 2.10. The van der Waals surface area contributed by atoms with E-state index in [0.29, 0.717) is 5.69 Å². The third kappa shape index (κ3) is 2.79. The molecule has 2 rings (SSSR count). The number of pyridine rings is 1. The molecule has 0 spiro atoms. The Balaban J connectivity index is 2.69. The van der Waals surface area contributed by atoms with Crippen LogP contribution in [0, 0.1) is 0 Å². The predicted octanol–water partition coefficient (Wildman–Crippen LogP) is 3.29. The standard InChI is InChI=1S/C11H7BrF3N3S/c12-6-4-7(11(13,14)15)10(17-5-6)18-3-1-2-8(18)9(16)19/h1-5H,(H2,16,19). The second-order valence-corrected chi connectivity index (χ2v) is 5.01. The molecule has 0 aliphatic rings. The van der Waals surface area contributed by atoms with E-state index < -0.39 is 11.7 Å². The summed E-state index contributed by atoms with van der Waals surface area (Å²) in [5.41, 5.74) is 4.91. The molecule has 0 amide bonds. The van der Waals surface area contributed by atoms with Crippen molar-refractivity contribution in [3.05, 3.63) is 46.3 Å². The van der Waals surface area contributed by atoms with Crippen molar-refractivity contribution >= 4 is 33.1 Å². The molecule has 2 aromatic rings. The lowest BCUT2D eigenvalue weighted by molar-refractivity contribution is -0.137. The molecule has 0 radical (unpaired) electrons. The Labute approximate surface area is 120 Å². The highest BCUT2D eigenvalue weighted by atomic mass is 79.9. The fourth-order valence-electron chi connectivity index (χ4n) is 1.60. The number of rotatable bonds is 2. The van der Waals surface area contributed by atoms with E-state index in [4.69, 9.17) is 18.0 Å². The van der Waals surface area contributed by atoms with E-state index in [2.05, 4.69) is 20.9 Å². The van der Waals surface area contributed by atoms with Crippen LogP contribution in [-0.4, -0.2) is 14.5 Å². The van der Waals surface area contributed by atoms with Crippen molar-refractivity contribution in [3.8, 4) is 5.82 Å². The first-order valence-corrected chi connectivity index (χ1v) is 6.21. The minimum atomic E-state index is -4.52. The van der Waals surface area contributed by atoms with Crippen molar-refractivity contribution in [3.63, 3.8) is 0 Å². The molecular weight excluding hydrogens is 343 g/mol. The topological polar surface area (TPSA) is 43.8 Å². The zero-order valence-corrected chi connectivity index (χ0v) is 11.7. The summed E-state index contributed by atoms with van der Waals surface area (Å²) < 4.78 is 40.5. The average molecular weight is 350 g/mol. The highest BCUT2D eigenvalue weighted by molar-refractivity contribution is 9.10. The van der Waals surface area contributed by atoms with Crippen LogP contribution in [0.2, 0.25) is 0 Å². The van der Waals surface area contributed by atoms with Gasteiger partial charge in [0.2, 0.25) is 0 Å². The summed E-state index contributed by atoms with van der Waals surface area (Å²) in [6.07, 6.45) is -1.81. The first-order valence-electron chi connectivity index (χ1n) is 5.01. The first kappa shape index (κ1) is 14.0. The van der Waals surface area contributed by atoms with E-state index in [-0.39, 0.29) is 15.3 Å². The van der Waals surface area contributed by atoms with E-state index in [1.54, 1.807) is 6.07 Å². The van der Waals surface area contributed by atoms with Crippen molar-refractivity contribution in [2.24, 2.45) is 5.73 Å².